The summed E-state index contributed by atoms with van der Waals surface area (Å²) in [6.45, 7) is 5.92. The van der Waals surface area contributed by atoms with Gasteiger partial charge in [0, 0.05) is 19.0 Å². The van der Waals surface area contributed by atoms with Gasteiger partial charge in [-0.3, -0.25) is 9.69 Å². The standard InChI is InChI=1S/C23H30N2O/c1-19-7-5-10-21(17-19)18-25-15-12-22(13-16-25)23(26)24-14-6-11-20-8-3-2-4-9-20/h2-5,7-10,17,22H,6,11-16,18H2,1H3,(H,24,26). The van der Waals surface area contributed by atoms with Gasteiger partial charge in [-0.2, -0.15) is 0 Å². The van der Waals surface area contributed by atoms with Crippen LogP contribution in [0, 0.1) is 12.8 Å². The summed E-state index contributed by atoms with van der Waals surface area (Å²) < 4.78 is 0. The fourth-order valence-corrected chi connectivity index (χ4v) is 3.72. The van der Waals surface area contributed by atoms with Gasteiger partial charge in [-0.1, -0.05) is 60.2 Å². The molecule has 1 aliphatic heterocycles. The fraction of sp³-hybridized carbons (Fsp3) is 0.435. The van der Waals surface area contributed by atoms with E-state index in [9.17, 15) is 4.79 Å². The van der Waals surface area contributed by atoms with E-state index in [1.165, 1.54) is 16.7 Å². The number of hydrogen-bond acceptors (Lipinski definition) is 2. The lowest BCUT2D eigenvalue weighted by molar-refractivity contribution is -0.126. The Labute approximate surface area is 157 Å². The molecule has 0 aromatic heterocycles. The Morgan fingerprint density at radius 1 is 1.04 bits per heavy atom. The molecule has 1 amide bonds. The summed E-state index contributed by atoms with van der Waals surface area (Å²) in [6.07, 6.45) is 3.96. The Bertz CT molecular complexity index is 690. The normalized spacial score (nSPS) is 15.7. The second-order valence-electron chi connectivity index (χ2n) is 7.42. The largest absolute Gasteiger partial charge is 0.356 e. The van der Waals surface area contributed by atoms with Crippen LogP contribution < -0.4 is 5.32 Å². The number of benzene rings is 2. The summed E-state index contributed by atoms with van der Waals surface area (Å²) >= 11 is 0. The maximum Gasteiger partial charge on any atom is 0.223 e. The van der Waals surface area contributed by atoms with Crippen molar-refractivity contribution < 1.29 is 4.79 Å². The zero-order chi connectivity index (χ0) is 18.2. The third-order valence-corrected chi connectivity index (χ3v) is 5.23. The number of likely N-dealkylation sites (tertiary alicyclic amines) is 1. The molecule has 0 saturated carbocycles. The van der Waals surface area contributed by atoms with Gasteiger partial charge >= 0.3 is 0 Å². The van der Waals surface area contributed by atoms with Gasteiger partial charge in [-0.25, -0.2) is 0 Å². The minimum absolute atomic E-state index is 0.181. The van der Waals surface area contributed by atoms with E-state index in [2.05, 4.69) is 65.7 Å². The molecule has 3 nitrogen and oxygen atoms in total. The van der Waals surface area contributed by atoms with Crippen LogP contribution in [0.4, 0.5) is 0 Å². The molecule has 2 aromatic rings. The first kappa shape index (κ1) is 18.7. The van der Waals surface area contributed by atoms with Crippen LogP contribution in [0.15, 0.2) is 54.6 Å². The van der Waals surface area contributed by atoms with E-state index in [1.54, 1.807) is 0 Å². The lowest BCUT2D eigenvalue weighted by atomic mass is 9.95. The zero-order valence-corrected chi connectivity index (χ0v) is 15.8. The fourth-order valence-electron chi connectivity index (χ4n) is 3.72. The molecule has 26 heavy (non-hydrogen) atoms. The first-order chi connectivity index (χ1) is 12.7. The number of nitrogens with zero attached hydrogens (tertiary/aromatic N) is 1. The third-order valence-electron chi connectivity index (χ3n) is 5.23. The first-order valence-electron chi connectivity index (χ1n) is 9.80. The van der Waals surface area contributed by atoms with Gasteiger partial charge in [0.1, 0.15) is 0 Å². The molecule has 0 bridgehead atoms. The van der Waals surface area contributed by atoms with Gasteiger partial charge in [0.25, 0.3) is 0 Å². The second kappa shape index (κ2) is 9.54. The molecule has 3 rings (SSSR count). The van der Waals surface area contributed by atoms with E-state index in [0.29, 0.717) is 0 Å². The lowest BCUT2D eigenvalue weighted by Crippen LogP contribution is -2.40. The maximum absolute atomic E-state index is 12.4. The summed E-state index contributed by atoms with van der Waals surface area (Å²) in [5.74, 6) is 0.425. The van der Waals surface area contributed by atoms with Crippen molar-refractivity contribution in [3.8, 4) is 0 Å². The predicted octanol–water partition coefficient (Wildman–Crippen LogP) is 3.96. The monoisotopic (exact) mass is 350 g/mol. The van der Waals surface area contributed by atoms with Crippen LogP contribution in [-0.2, 0) is 17.8 Å². The molecule has 1 N–H and O–H groups in total. The molecule has 0 unspecified atom stereocenters. The zero-order valence-electron chi connectivity index (χ0n) is 15.8. The van der Waals surface area contributed by atoms with Gasteiger partial charge in [0.05, 0.1) is 0 Å². The molecule has 0 atom stereocenters. The van der Waals surface area contributed by atoms with E-state index >= 15 is 0 Å². The Kier molecular flexibility index (Phi) is 6.84. The van der Waals surface area contributed by atoms with E-state index < -0.39 is 0 Å². The van der Waals surface area contributed by atoms with Crippen molar-refractivity contribution in [1.82, 2.24) is 10.2 Å². The average molecular weight is 351 g/mol. The van der Waals surface area contributed by atoms with Gasteiger partial charge in [-0.05, 0) is 56.8 Å². The van der Waals surface area contributed by atoms with Crippen molar-refractivity contribution >= 4 is 5.91 Å². The summed E-state index contributed by atoms with van der Waals surface area (Å²) in [7, 11) is 0. The molecule has 2 aromatic carbocycles. The van der Waals surface area contributed by atoms with Crippen molar-refractivity contribution in [2.24, 2.45) is 5.92 Å². The molecular weight excluding hydrogens is 320 g/mol. The van der Waals surface area contributed by atoms with E-state index in [-0.39, 0.29) is 11.8 Å². The highest BCUT2D eigenvalue weighted by Gasteiger charge is 2.24. The molecule has 1 heterocycles. The summed E-state index contributed by atoms with van der Waals surface area (Å²) in [5, 5.41) is 3.14. The molecule has 138 valence electrons. The van der Waals surface area contributed by atoms with Crippen LogP contribution >= 0.6 is 0 Å². The average Bonchev–Trinajstić information content (AvgIpc) is 2.66. The van der Waals surface area contributed by atoms with Crippen molar-refractivity contribution in [3.63, 3.8) is 0 Å². The highest BCUT2D eigenvalue weighted by Crippen LogP contribution is 2.19. The summed E-state index contributed by atoms with van der Waals surface area (Å²) in [5.41, 5.74) is 4.02. The summed E-state index contributed by atoms with van der Waals surface area (Å²) in [6, 6.07) is 19.2. The number of rotatable bonds is 7. The van der Waals surface area contributed by atoms with Crippen LogP contribution in [0.1, 0.15) is 36.0 Å². The Morgan fingerprint density at radius 3 is 2.50 bits per heavy atom. The number of piperidine rings is 1. The quantitative estimate of drug-likeness (QED) is 0.767. The van der Waals surface area contributed by atoms with E-state index in [0.717, 1.165) is 51.9 Å². The number of amides is 1. The molecule has 0 aliphatic carbocycles. The van der Waals surface area contributed by atoms with Crippen LogP contribution in [0.5, 0.6) is 0 Å². The van der Waals surface area contributed by atoms with Crippen molar-refractivity contribution in [2.45, 2.75) is 39.2 Å². The van der Waals surface area contributed by atoms with Crippen LogP contribution in [0.3, 0.4) is 0 Å². The molecule has 1 fully saturated rings. The Balaban J connectivity index is 1.34. The highest BCUT2D eigenvalue weighted by molar-refractivity contribution is 5.78. The van der Waals surface area contributed by atoms with Crippen LogP contribution in [0.2, 0.25) is 0 Å². The van der Waals surface area contributed by atoms with Gasteiger partial charge in [-0.15, -0.1) is 0 Å². The van der Waals surface area contributed by atoms with Crippen molar-refractivity contribution in [2.75, 3.05) is 19.6 Å². The molecule has 3 heteroatoms. The lowest BCUT2D eigenvalue weighted by Gasteiger charge is -2.31. The van der Waals surface area contributed by atoms with Gasteiger partial charge in [0.2, 0.25) is 5.91 Å². The minimum Gasteiger partial charge on any atom is -0.356 e. The maximum atomic E-state index is 12.4. The molecule has 0 spiro atoms. The third kappa shape index (κ3) is 5.70. The number of carbonyl (C=O) groups is 1. The van der Waals surface area contributed by atoms with Crippen molar-refractivity contribution in [3.05, 3.63) is 71.3 Å². The number of hydrogen-bond donors (Lipinski definition) is 1. The molecule has 1 aliphatic rings. The topological polar surface area (TPSA) is 32.3 Å². The smallest absolute Gasteiger partial charge is 0.223 e. The second-order valence-corrected chi connectivity index (χ2v) is 7.42. The van der Waals surface area contributed by atoms with Crippen LogP contribution in [-0.4, -0.2) is 30.4 Å². The first-order valence-corrected chi connectivity index (χ1v) is 9.80. The Morgan fingerprint density at radius 2 is 1.77 bits per heavy atom. The minimum atomic E-state index is 0.181. The molecule has 1 saturated heterocycles. The number of carbonyl (C=O) groups excluding carboxylic acids is 1. The highest BCUT2D eigenvalue weighted by atomic mass is 16.1. The van der Waals surface area contributed by atoms with E-state index in [4.69, 9.17) is 0 Å². The predicted molar refractivity (Wildman–Crippen MR) is 107 cm³/mol. The molecule has 0 radical (unpaired) electrons. The van der Waals surface area contributed by atoms with E-state index in [1.807, 2.05) is 6.07 Å². The number of aryl methyl sites for hydroxylation is 2. The number of nitrogens with one attached hydrogen (secondary N) is 1. The van der Waals surface area contributed by atoms with Crippen LogP contribution in [0.25, 0.3) is 0 Å². The van der Waals surface area contributed by atoms with Gasteiger partial charge < -0.3 is 5.32 Å². The Hall–Kier alpha value is -2.13. The van der Waals surface area contributed by atoms with Crippen molar-refractivity contribution in [1.29, 1.82) is 0 Å². The summed E-state index contributed by atoms with van der Waals surface area (Å²) in [4.78, 5) is 14.9. The molecular formula is C23H30N2O. The SMILES string of the molecule is Cc1cccc(CN2CCC(C(=O)NCCCc3ccccc3)CC2)c1. The van der Waals surface area contributed by atoms with Gasteiger partial charge in [0.15, 0.2) is 0 Å².